The standard InChI is InChI=1S/C23H42N4O5/c1-31-17-7-5-16(6-8-17)23(30)25-14-18-21(22(29)19(15-28)32-18)27-12-10-26(11-13-27)20-4-2-3-9-24-20/h16-22,24,28-29H,2-15H2,1H3,(H,25,30). The number of ether oxygens (including phenoxy) is 2. The lowest BCUT2D eigenvalue weighted by molar-refractivity contribution is -0.127. The number of nitrogens with zero attached hydrogens (tertiary/aromatic N) is 2. The number of aliphatic hydroxyl groups excluding tert-OH is 2. The molecule has 9 nitrogen and oxygen atoms in total. The van der Waals surface area contributed by atoms with Crippen LogP contribution in [0.4, 0.5) is 0 Å². The molecule has 0 aromatic rings. The third kappa shape index (κ3) is 5.63. The molecule has 184 valence electrons. The monoisotopic (exact) mass is 454 g/mol. The Labute approximate surface area is 191 Å². The lowest BCUT2D eigenvalue weighted by Crippen LogP contribution is -2.61. The van der Waals surface area contributed by atoms with Gasteiger partial charge in [-0.2, -0.15) is 0 Å². The first kappa shape index (κ1) is 24.3. The van der Waals surface area contributed by atoms with Crippen LogP contribution in [-0.2, 0) is 14.3 Å². The predicted octanol–water partition coefficient (Wildman–Crippen LogP) is -0.486. The van der Waals surface area contributed by atoms with Gasteiger partial charge in [0.25, 0.3) is 0 Å². The van der Waals surface area contributed by atoms with E-state index in [1.807, 2.05) is 0 Å². The first-order valence-corrected chi connectivity index (χ1v) is 12.6. The number of hydrogen-bond donors (Lipinski definition) is 4. The Morgan fingerprint density at radius 1 is 1.06 bits per heavy atom. The average Bonchev–Trinajstić information content (AvgIpc) is 3.18. The summed E-state index contributed by atoms with van der Waals surface area (Å²) in [5.41, 5.74) is 0. The lowest BCUT2D eigenvalue weighted by Gasteiger charge is -2.44. The van der Waals surface area contributed by atoms with E-state index in [-0.39, 0.29) is 36.7 Å². The molecule has 3 aliphatic heterocycles. The second-order valence-electron chi connectivity index (χ2n) is 9.87. The average molecular weight is 455 g/mol. The minimum absolute atomic E-state index is 0.0198. The van der Waals surface area contributed by atoms with Gasteiger partial charge in [-0.3, -0.25) is 14.6 Å². The van der Waals surface area contributed by atoms with Gasteiger partial charge >= 0.3 is 0 Å². The van der Waals surface area contributed by atoms with E-state index in [1.165, 1.54) is 19.3 Å². The van der Waals surface area contributed by atoms with E-state index in [0.29, 0.717) is 12.7 Å². The van der Waals surface area contributed by atoms with Gasteiger partial charge in [0.15, 0.2) is 0 Å². The highest BCUT2D eigenvalue weighted by atomic mass is 16.5. The van der Waals surface area contributed by atoms with Gasteiger partial charge in [0.2, 0.25) is 5.91 Å². The van der Waals surface area contributed by atoms with Crippen LogP contribution in [0.5, 0.6) is 0 Å². The second kappa shape index (κ2) is 11.6. The number of aliphatic hydroxyl groups is 2. The van der Waals surface area contributed by atoms with Gasteiger partial charge in [-0.25, -0.2) is 0 Å². The molecule has 32 heavy (non-hydrogen) atoms. The molecular weight excluding hydrogens is 412 g/mol. The second-order valence-corrected chi connectivity index (χ2v) is 9.87. The third-order valence-corrected chi connectivity index (χ3v) is 7.99. The van der Waals surface area contributed by atoms with Crippen molar-refractivity contribution >= 4 is 5.91 Å². The lowest BCUT2D eigenvalue weighted by atomic mass is 9.86. The van der Waals surface area contributed by atoms with Crippen LogP contribution in [0.15, 0.2) is 0 Å². The van der Waals surface area contributed by atoms with E-state index in [2.05, 4.69) is 20.4 Å². The topological polar surface area (TPSA) is 107 Å². The summed E-state index contributed by atoms with van der Waals surface area (Å²) in [6.45, 7) is 4.85. The summed E-state index contributed by atoms with van der Waals surface area (Å²) in [6.07, 6.45) is 6.32. The van der Waals surface area contributed by atoms with Crippen molar-refractivity contribution in [2.24, 2.45) is 5.92 Å². The van der Waals surface area contributed by atoms with Crippen molar-refractivity contribution in [1.29, 1.82) is 0 Å². The van der Waals surface area contributed by atoms with Gasteiger partial charge in [0.1, 0.15) is 12.2 Å². The highest BCUT2D eigenvalue weighted by Gasteiger charge is 2.47. The molecule has 0 bridgehead atoms. The molecule has 5 unspecified atom stereocenters. The van der Waals surface area contributed by atoms with Crippen molar-refractivity contribution in [3.8, 4) is 0 Å². The number of piperazine rings is 1. The molecule has 1 aliphatic carbocycles. The summed E-state index contributed by atoms with van der Waals surface area (Å²) in [4.78, 5) is 17.5. The maximum atomic E-state index is 12.7. The van der Waals surface area contributed by atoms with Crippen LogP contribution >= 0.6 is 0 Å². The zero-order valence-electron chi connectivity index (χ0n) is 19.5. The molecular formula is C23H42N4O5. The molecule has 4 N–H and O–H groups in total. The Morgan fingerprint density at radius 2 is 1.78 bits per heavy atom. The highest BCUT2D eigenvalue weighted by Crippen LogP contribution is 2.29. The van der Waals surface area contributed by atoms with Gasteiger partial charge in [-0.1, -0.05) is 0 Å². The highest BCUT2D eigenvalue weighted by molar-refractivity contribution is 5.78. The Bertz CT molecular complexity index is 589. The number of nitrogens with one attached hydrogen (secondary N) is 2. The fourth-order valence-electron chi connectivity index (χ4n) is 5.99. The molecule has 9 heteroatoms. The van der Waals surface area contributed by atoms with E-state index in [9.17, 15) is 15.0 Å². The first-order chi connectivity index (χ1) is 15.6. The maximum Gasteiger partial charge on any atom is 0.223 e. The molecule has 5 atom stereocenters. The summed E-state index contributed by atoms with van der Waals surface area (Å²) >= 11 is 0. The van der Waals surface area contributed by atoms with E-state index < -0.39 is 12.2 Å². The first-order valence-electron chi connectivity index (χ1n) is 12.6. The smallest absolute Gasteiger partial charge is 0.223 e. The number of carbonyl (C=O) groups excluding carboxylic acids is 1. The van der Waals surface area contributed by atoms with E-state index in [1.54, 1.807) is 7.11 Å². The molecule has 4 rings (SSSR count). The molecule has 0 radical (unpaired) electrons. The fraction of sp³-hybridized carbons (Fsp3) is 0.957. The summed E-state index contributed by atoms with van der Waals surface area (Å²) in [7, 11) is 1.73. The van der Waals surface area contributed by atoms with Crippen molar-refractivity contribution in [2.45, 2.75) is 81.6 Å². The van der Waals surface area contributed by atoms with E-state index in [0.717, 1.165) is 58.4 Å². The van der Waals surface area contributed by atoms with Gasteiger partial charge in [0, 0.05) is 45.8 Å². The van der Waals surface area contributed by atoms with Crippen LogP contribution in [0.25, 0.3) is 0 Å². The molecule has 1 amide bonds. The fourth-order valence-corrected chi connectivity index (χ4v) is 5.99. The number of carbonyl (C=O) groups is 1. The van der Waals surface area contributed by atoms with Gasteiger partial charge in [-0.05, 0) is 51.5 Å². The van der Waals surface area contributed by atoms with Crippen molar-refractivity contribution < 1.29 is 24.5 Å². The van der Waals surface area contributed by atoms with E-state index in [4.69, 9.17) is 9.47 Å². The molecule has 0 aromatic heterocycles. The molecule has 0 spiro atoms. The molecule has 3 heterocycles. The molecule has 4 aliphatic rings. The van der Waals surface area contributed by atoms with Gasteiger partial charge in [0.05, 0.1) is 31.0 Å². The largest absolute Gasteiger partial charge is 0.394 e. The van der Waals surface area contributed by atoms with Crippen molar-refractivity contribution in [1.82, 2.24) is 20.4 Å². The summed E-state index contributed by atoms with van der Waals surface area (Å²) in [6, 6.07) is -0.210. The maximum absolute atomic E-state index is 12.7. The molecule has 0 aromatic carbocycles. The zero-order chi connectivity index (χ0) is 22.5. The zero-order valence-corrected chi connectivity index (χ0v) is 19.5. The number of piperidine rings is 1. The minimum atomic E-state index is -0.751. The summed E-state index contributed by atoms with van der Waals surface area (Å²) < 4.78 is 11.4. The van der Waals surface area contributed by atoms with Crippen molar-refractivity contribution in [3.05, 3.63) is 0 Å². The Kier molecular flexibility index (Phi) is 8.78. The number of rotatable bonds is 7. The Morgan fingerprint density at radius 3 is 2.41 bits per heavy atom. The predicted molar refractivity (Wildman–Crippen MR) is 120 cm³/mol. The molecule has 3 saturated heterocycles. The van der Waals surface area contributed by atoms with Crippen LogP contribution in [0, 0.1) is 5.92 Å². The Balaban J connectivity index is 1.29. The summed E-state index contributed by atoms with van der Waals surface area (Å²) in [5.74, 6) is 0.0865. The number of methoxy groups -OCH3 is 1. The minimum Gasteiger partial charge on any atom is -0.394 e. The van der Waals surface area contributed by atoms with Gasteiger partial charge < -0.3 is 30.3 Å². The van der Waals surface area contributed by atoms with Crippen LogP contribution < -0.4 is 10.6 Å². The quantitative estimate of drug-likeness (QED) is 0.409. The van der Waals surface area contributed by atoms with Crippen LogP contribution in [0.2, 0.25) is 0 Å². The normalized spacial score (nSPS) is 39.8. The van der Waals surface area contributed by atoms with Crippen LogP contribution in [0.1, 0.15) is 44.9 Å². The van der Waals surface area contributed by atoms with Crippen molar-refractivity contribution in [3.63, 3.8) is 0 Å². The summed E-state index contributed by atoms with van der Waals surface area (Å²) in [5, 5.41) is 27.3. The number of hydrogen-bond acceptors (Lipinski definition) is 8. The third-order valence-electron chi connectivity index (χ3n) is 7.99. The van der Waals surface area contributed by atoms with Gasteiger partial charge in [-0.15, -0.1) is 0 Å². The van der Waals surface area contributed by atoms with E-state index >= 15 is 0 Å². The van der Waals surface area contributed by atoms with Crippen molar-refractivity contribution in [2.75, 3.05) is 53.0 Å². The Hall–Kier alpha value is -0.810. The van der Waals surface area contributed by atoms with Crippen LogP contribution in [0.3, 0.4) is 0 Å². The number of amides is 1. The molecule has 1 saturated carbocycles. The van der Waals surface area contributed by atoms with Crippen LogP contribution in [-0.4, -0.2) is 116 Å². The molecule has 4 fully saturated rings. The SMILES string of the molecule is COC1CCC(C(=O)NCC2OC(CO)C(O)C2N2CCN(C3CCCCN3)CC2)CC1.